The lowest BCUT2D eigenvalue weighted by atomic mass is 10.3. The van der Waals surface area contributed by atoms with Crippen LogP contribution in [0.1, 0.15) is 26.8 Å². The molecule has 2 rings (SSSR count). The van der Waals surface area contributed by atoms with E-state index in [-0.39, 0.29) is 12.1 Å². The Bertz CT molecular complexity index is 409. The van der Waals surface area contributed by atoms with E-state index in [1.165, 1.54) is 0 Å². The van der Waals surface area contributed by atoms with E-state index in [0.29, 0.717) is 5.95 Å². The van der Waals surface area contributed by atoms with Crippen molar-refractivity contribution in [1.29, 1.82) is 0 Å². The van der Waals surface area contributed by atoms with Crippen LogP contribution >= 0.6 is 11.8 Å². The van der Waals surface area contributed by atoms with Gasteiger partial charge in [-0.3, -0.25) is 9.47 Å². The van der Waals surface area contributed by atoms with Crippen LogP contribution < -0.4 is 5.73 Å². The van der Waals surface area contributed by atoms with Crippen LogP contribution in [0.2, 0.25) is 0 Å². The molecule has 0 aromatic carbocycles. The van der Waals surface area contributed by atoms with E-state index in [2.05, 4.69) is 35.9 Å². The molecule has 0 bridgehead atoms. The van der Waals surface area contributed by atoms with Gasteiger partial charge in [0.25, 0.3) is 0 Å². The van der Waals surface area contributed by atoms with Crippen LogP contribution in [0.4, 0.5) is 5.95 Å². The fourth-order valence-corrected chi connectivity index (χ4v) is 3.29. The molecule has 0 saturated carbocycles. The molecule has 0 aliphatic carbocycles. The Kier molecular flexibility index (Phi) is 5.06. The first-order chi connectivity index (χ1) is 9.11. The summed E-state index contributed by atoms with van der Waals surface area (Å²) < 4.78 is 7.75. The summed E-state index contributed by atoms with van der Waals surface area (Å²) in [6, 6.07) is 0.275. The second kappa shape index (κ2) is 6.58. The molecule has 0 radical (unpaired) electrons. The van der Waals surface area contributed by atoms with Crippen molar-refractivity contribution >= 4 is 17.7 Å². The number of rotatable bonds is 5. The largest absolute Gasteiger partial charge is 0.375 e. The third kappa shape index (κ3) is 3.61. The molecule has 19 heavy (non-hydrogen) atoms. The molecule has 1 saturated heterocycles. The van der Waals surface area contributed by atoms with Gasteiger partial charge < -0.3 is 10.5 Å². The fourth-order valence-electron chi connectivity index (χ4n) is 2.21. The third-order valence-corrected chi connectivity index (χ3v) is 4.35. The summed E-state index contributed by atoms with van der Waals surface area (Å²) in [5.41, 5.74) is 5.83. The standard InChI is InChI=1S/C12H23N5OS/c1-4-16-5-6-18-10(7-16)8-19-12-15-14-11(13)17(12)9(2)3/h9-10H,4-8H2,1-3H3,(H2,13,14). The topological polar surface area (TPSA) is 69.2 Å². The van der Waals surface area contributed by atoms with E-state index in [1.807, 2.05) is 4.57 Å². The molecule has 1 unspecified atom stereocenters. The average Bonchev–Trinajstić information content (AvgIpc) is 2.78. The van der Waals surface area contributed by atoms with Crippen LogP contribution in [0.3, 0.4) is 0 Å². The Morgan fingerprint density at radius 1 is 1.47 bits per heavy atom. The Labute approximate surface area is 118 Å². The van der Waals surface area contributed by atoms with Gasteiger partial charge in [0, 0.05) is 24.9 Å². The number of nitrogens with zero attached hydrogens (tertiary/aromatic N) is 4. The van der Waals surface area contributed by atoms with Crippen molar-refractivity contribution < 1.29 is 4.74 Å². The molecule has 1 atom stereocenters. The molecule has 108 valence electrons. The number of nitrogens with two attached hydrogens (primary N) is 1. The highest BCUT2D eigenvalue weighted by Crippen LogP contribution is 2.24. The van der Waals surface area contributed by atoms with E-state index < -0.39 is 0 Å². The minimum absolute atomic E-state index is 0.261. The Hall–Kier alpha value is -0.790. The summed E-state index contributed by atoms with van der Waals surface area (Å²) in [5.74, 6) is 1.37. The van der Waals surface area contributed by atoms with Crippen molar-refractivity contribution in [3.63, 3.8) is 0 Å². The molecule has 1 fully saturated rings. The average molecular weight is 285 g/mol. The van der Waals surface area contributed by atoms with Gasteiger partial charge in [-0.15, -0.1) is 10.2 Å². The SMILES string of the molecule is CCN1CCOC(CSc2nnc(N)n2C(C)C)C1. The van der Waals surface area contributed by atoms with Gasteiger partial charge in [0.2, 0.25) is 5.95 Å². The lowest BCUT2D eigenvalue weighted by Gasteiger charge is -2.31. The first-order valence-corrected chi connectivity index (χ1v) is 7.77. The number of morpholine rings is 1. The molecule has 6 nitrogen and oxygen atoms in total. The smallest absolute Gasteiger partial charge is 0.222 e. The van der Waals surface area contributed by atoms with E-state index in [4.69, 9.17) is 10.5 Å². The normalized spacial score (nSPS) is 21.2. The first-order valence-electron chi connectivity index (χ1n) is 6.79. The molecule has 0 amide bonds. The number of aromatic nitrogens is 3. The molecular weight excluding hydrogens is 262 g/mol. The van der Waals surface area contributed by atoms with Crippen molar-refractivity contribution in [2.45, 2.75) is 38.1 Å². The van der Waals surface area contributed by atoms with Gasteiger partial charge in [0.05, 0.1) is 12.7 Å². The van der Waals surface area contributed by atoms with Crippen LogP contribution in [-0.2, 0) is 4.74 Å². The Balaban J connectivity index is 1.92. The lowest BCUT2D eigenvalue weighted by Crippen LogP contribution is -2.43. The van der Waals surface area contributed by atoms with Crippen LogP contribution in [0.15, 0.2) is 5.16 Å². The zero-order valence-corrected chi connectivity index (χ0v) is 12.7. The molecular formula is C12H23N5OS. The fraction of sp³-hybridized carbons (Fsp3) is 0.833. The molecule has 2 heterocycles. The maximum atomic E-state index is 5.83. The number of anilines is 1. The summed E-state index contributed by atoms with van der Waals surface area (Å²) in [6.07, 6.45) is 0.261. The summed E-state index contributed by atoms with van der Waals surface area (Å²) in [5, 5.41) is 8.97. The van der Waals surface area contributed by atoms with E-state index in [0.717, 1.165) is 37.2 Å². The maximum absolute atomic E-state index is 5.83. The van der Waals surface area contributed by atoms with Gasteiger partial charge in [-0.1, -0.05) is 18.7 Å². The summed E-state index contributed by atoms with van der Waals surface area (Å²) >= 11 is 1.67. The van der Waals surface area contributed by atoms with Crippen molar-refractivity contribution in [3.05, 3.63) is 0 Å². The molecule has 1 aromatic heterocycles. The van der Waals surface area contributed by atoms with E-state index >= 15 is 0 Å². The first kappa shape index (κ1) is 14.6. The van der Waals surface area contributed by atoms with Gasteiger partial charge in [0.15, 0.2) is 5.16 Å². The number of ether oxygens (including phenoxy) is 1. The molecule has 1 aliphatic rings. The van der Waals surface area contributed by atoms with Crippen molar-refractivity contribution in [3.8, 4) is 0 Å². The molecule has 7 heteroatoms. The summed E-state index contributed by atoms with van der Waals surface area (Å²) in [7, 11) is 0. The van der Waals surface area contributed by atoms with Gasteiger partial charge in [-0.2, -0.15) is 0 Å². The highest BCUT2D eigenvalue weighted by molar-refractivity contribution is 7.99. The number of likely N-dealkylation sites (N-methyl/N-ethyl adjacent to an activating group) is 1. The van der Waals surface area contributed by atoms with Crippen molar-refractivity contribution in [2.24, 2.45) is 0 Å². The predicted molar refractivity (Wildman–Crippen MR) is 77.4 cm³/mol. The summed E-state index contributed by atoms with van der Waals surface area (Å²) in [6.45, 7) is 10.3. The second-order valence-corrected chi connectivity index (χ2v) is 5.99. The number of hydrogen-bond acceptors (Lipinski definition) is 6. The zero-order chi connectivity index (χ0) is 13.8. The van der Waals surface area contributed by atoms with E-state index in [9.17, 15) is 0 Å². The molecule has 1 aromatic rings. The van der Waals surface area contributed by atoms with Gasteiger partial charge >= 0.3 is 0 Å². The third-order valence-electron chi connectivity index (χ3n) is 3.28. The maximum Gasteiger partial charge on any atom is 0.222 e. The minimum Gasteiger partial charge on any atom is -0.375 e. The van der Waals surface area contributed by atoms with Crippen LogP contribution in [-0.4, -0.2) is 57.8 Å². The quantitative estimate of drug-likeness (QED) is 0.821. The highest BCUT2D eigenvalue weighted by atomic mass is 32.2. The van der Waals surface area contributed by atoms with Crippen LogP contribution in [0.25, 0.3) is 0 Å². The van der Waals surface area contributed by atoms with Crippen LogP contribution in [0.5, 0.6) is 0 Å². The number of hydrogen-bond donors (Lipinski definition) is 1. The van der Waals surface area contributed by atoms with Gasteiger partial charge in [-0.05, 0) is 20.4 Å². The Morgan fingerprint density at radius 3 is 2.95 bits per heavy atom. The number of nitrogen functional groups attached to an aromatic ring is 1. The zero-order valence-electron chi connectivity index (χ0n) is 11.9. The van der Waals surface area contributed by atoms with Gasteiger partial charge in [0.1, 0.15) is 0 Å². The second-order valence-electron chi connectivity index (χ2n) is 5.00. The number of thioether (sulfide) groups is 1. The Morgan fingerprint density at radius 2 is 2.26 bits per heavy atom. The predicted octanol–water partition coefficient (Wildman–Crippen LogP) is 1.25. The molecule has 0 spiro atoms. The van der Waals surface area contributed by atoms with Gasteiger partial charge in [-0.25, -0.2) is 0 Å². The molecule has 2 N–H and O–H groups in total. The summed E-state index contributed by atoms with van der Waals surface area (Å²) in [4.78, 5) is 2.41. The van der Waals surface area contributed by atoms with Crippen LogP contribution in [0, 0.1) is 0 Å². The van der Waals surface area contributed by atoms with Crippen molar-refractivity contribution in [2.75, 3.05) is 37.7 Å². The minimum atomic E-state index is 0.261. The van der Waals surface area contributed by atoms with E-state index in [1.54, 1.807) is 11.8 Å². The lowest BCUT2D eigenvalue weighted by molar-refractivity contribution is -0.0137. The molecule has 1 aliphatic heterocycles. The monoisotopic (exact) mass is 285 g/mol. The highest BCUT2D eigenvalue weighted by Gasteiger charge is 2.21. The van der Waals surface area contributed by atoms with Crippen molar-refractivity contribution in [1.82, 2.24) is 19.7 Å².